The van der Waals surface area contributed by atoms with Gasteiger partial charge in [0.05, 0.1) is 5.75 Å². The molecule has 2 aromatic carbocycles. The number of anilines is 3. The number of sulfonamides is 1. The highest BCUT2D eigenvalue weighted by atomic mass is 32.2. The molecule has 0 atom stereocenters. The molecule has 4 nitrogen and oxygen atoms in total. The molecular weight excluding hydrogens is 296 g/mol. The number of nitrogens with one attached hydrogen (secondary N) is 2. The van der Waals surface area contributed by atoms with Gasteiger partial charge in [-0.3, -0.25) is 4.72 Å². The average molecular weight is 318 g/mol. The van der Waals surface area contributed by atoms with Gasteiger partial charge in [-0.25, -0.2) is 8.42 Å². The van der Waals surface area contributed by atoms with Crippen molar-refractivity contribution < 1.29 is 8.42 Å². The van der Waals surface area contributed by atoms with Gasteiger partial charge >= 0.3 is 0 Å². The zero-order valence-electron chi connectivity index (χ0n) is 13.2. The van der Waals surface area contributed by atoms with E-state index in [2.05, 4.69) is 30.0 Å². The van der Waals surface area contributed by atoms with Crippen molar-refractivity contribution in [1.29, 1.82) is 0 Å². The van der Waals surface area contributed by atoms with Crippen LogP contribution in [0.1, 0.15) is 24.5 Å². The highest BCUT2D eigenvalue weighted by molar-refractivity contribution is 7.92. The summed E-state index contributed by atoms with van der Waals surface area (Å²) in [6, 6.07) is 13.4. The minimum Gasteiger partial charge on any atom is -0.355 e. The van der Waals surface area contributed by atoms with E-state index in [1.54, 1.807) is 12.1 Å². The van der Waals surface area contributed by atoms with E-state index in [1.165, 1.54) is 11.1 Å². The predicted molar refractivity (Wildman–Crippen MR) is 93.3 cm³/mol. The van der Waals surface area contributed by atoms with E-state index in [4.69, 9.17) is 0 Å². The van der Waals surface area contributed by atoms with Crippen LogP contribution in [0.2, 0.25) is 0 Å². The van der Waals surface area contributed by atoms with Crippen molar-refractivity contribution in [2.24, 2.45) is 0 Å². The van der Waals surface area contributed by atoms with Crippen LogP contribution in [0, 0.1) is 13.8 Å². The summed E-state index contributed by atoms with van der Waals surface area (Å²) in [5, 5.41) is 3.35. The van der Waals surface area contributed by atoms with E-state index in [9.17, 15) is 8.42 Å². The fourth-order valence-electron chi connectivity index (χ4n) is 2.16. The van der Waals surface area contributed by atoms with Crippen molar-refractivity contribution in [2.75, 3.05) is 15.8 Å². The van der Waals surface area contributed by atoms with E-state index < -0.39 is 10.0 Å². The molecule has 5 heteroatoms. The van der Waals surface area contributed by atoms with Crippen LogP contribution in [0.15, 0.2) is 42.5 Å². The van der Waals surface area contributed by atoms with Crippen molar-refractivity contribution in [2.45, 2.75) is 27.2 Å². The predicted octanol–water partition coefficient (Wildman–Crippen LogP) is 4.20. The van der Waals surface area contributed by atoms with Crippen molar-refractivity contribution >= 4 is 27.1 Å². The molecule has 0 aliphatic carbocycles. The lowest BCUT2D eigenvalue weighted by atomic mass is 10.1. The highest BCUT2D eigenvalue weighted by Crippen LogP contribution is 2.24. The van der Waals surface area contributed by atoms with Gasteiger partial charge in [-0.15, -0.1) is 0 Å². The molecule has 0 unspecified atom stereocenters. The molecule has 118 valence electrons. The Kier molecular flexibility index (Phi) is 5.08. The van der Waals surface area contributed by atoms with Crippen molar-refractivity contribution in [3.8, 4) is 0 Å². The topological polar surface area (TPSA) is 58.2 Å². The van der Waals surface area contributed by atoms with Gasteiger partial charge in [0, 0.05) is 17.1 Å². The maximum Gasteiger partial charge on any atom is 0.232 e. The standard InChI is InChI=1S/C17H22N2O2S/c1-4-12-22(20,21)19-16-10-8-15(9-11-16)18-17-7-5-6-13(2)14(17)3/h5-11,18-19H,4,12H2,1-3H3. The molecule has 0 amide bonds. The van der Waals surface area contributed by atoms with Gasteiger partial charge in [0.2, 0.25) is 10.0 Å². The van der Waals surface area contributed by atoms with Crippen LogP contribution < -0.4 is 10.0 Å². The molecule has 0 saturated carbocycles. The van der Waals surface area contributed by atoms with Crippen LogP contribution in [-0.4, -0.2) is 14.2 Å². The molecule has 2 aromatic rings. The zero-order chi connectivity index (χ0) is 16.2. The third-order valence-corrected chi connectivity index (χ3v) is 5.01. The Morgan fingerprint density at radius 3 is 2.23 bits per heavy atom. The Balaban J connectivity index is 2.11. The summed E-state index contributed by atoms with van der Waals surface area (Å²) in [6.07, 6.45) is 0.599. The third-order valence-electron chi connectivity index (χ3n) is 3.51. The van der Waals surface area contributed by atoms with Crippen molar-refractivity contribution in [3.63, 3.8) is 0 Å². The maximum atomic E-state index is 11.7. The molecule has 0 aromatic heterocycles. The van der Waals surface area contributed by atoms with Gasteiger partial charge in [0.25, 0.3) is 0 Å². The van der Waals surface area contributed by atoms with E-state index in [1.807, 2.05) is 31.2 Å². The summed E-state index contributed by atoms with van der Waals surface area (Å²) in [5.74, 6) is 0.134. The first-order valence-corrected chi connectivity index (χ1v) is 9.00. The van der Waals surface area contributed by atoms with Crippen molar-refractivity contribution in [1.82, 2.24) is 0 Å². The molecule has 0 fully saturated rings. The second kappa shape index (κ2) is 6.83. The number of hydrogen-bond acceptors (Lipinski definition) is 3. The largest absolute Gasteiger partial charge is 0.355 e. The molecule has 22 heavy (non-hydrogen) atoms. The van der Waals surface area contributed by atoms with E-state index >= 15 is 0 Å². The Morgan fingerprint density at radius 2 is 1.59 bits per heavy atom. The average Bonchev–Trinajstić information content (AvgIpc) is 2.45. The smallest absolute Gasteiger partial charge is 0.232 e. The van der Waals surface area contributed by atoms with Gasteiger partial charge in [-0.1, -0.05) is 19.1 Å². The second-order valence-electron chi connectivity index (χ2n) is 5.37. The molecule has 0 spiro atoms. The van der Waals surface area contributed by atoms with Crippen LogP contribution in [0.5, 0.6) is 0 Å². The summed E-state index contributed by atoms with van der Waals surface area (Å²) >= 11 is 0. The molecule has 0 saturated heterocycles. The normalized spacial score (nSPS) is 11.2. The summed E-state index contributed by atoms with van der Waals surface area (Å²) in [5.41, 5.74) is 5.00. The summed E-state index contributed by atoms with van der Waals surface area (Å²) in [6.45, 7) is 5.99. The second-order valence-corrected chi connectivity index (χ2v) is 7.21. The Labute approximate surface area is 132 Å². The Morgan fingerprint density at radius 1 is 0.955 bits per heavy atom. The summed E-state index contributed by atoms with van der Waals surface area (Å²) in [4.78, 5) is 0. The molecule has 2 rings (SSSR count). The lowest BCUT2D eigenvalue weighted by molar-refractivity contribution is 0.600. The third kappa shape index (κ3) is 4.24. The van der Waals surface area contributed by atoms with Gasteiger partial charge in [0.1, 0.15) is 0 Å². The first-order chi connectivity index (χ1) is 10.4. The quantitative estimate of drug-likeness (QED) is 0.839. The lowest BCUT2D eigenvalue weighted by Gasteiger charge is -2.12. The van der Waals surface area contributed by atoms with Crippen LogP contribution >= 0.6 is 0 Å². The number of hydrogen-bond donors (Lipinski definition) is 2. The van der Waals surface area contributed by atoms with Crippen LogP contribution in [-0.2, 0) is 10.0 Å². The summed E-state index contributed by atoms with van der Waals surface area (Å²) in [7, 11) is -3.24. The fraction of sp³-hybridized carbons (Fsp3) is 0.294. The Hall–Kier alpha value is -2.01. The minimum atomic E-state index is -3.24. The highest BCUT2D eigenvalue weighted by Gasteiger charge is 2.08. The number of aryl methyl sites for hydroxylation is 1. The SMILES string of the molecule is CCCS(=O)(=O)Nc1ccc(Nc2cccc(C)c2C)cc1. The first kappa shape index (κ1) is 16.4. The number of benzene rings is 2. The fourth-order valence-corrected chi connectivity index (χ4v) is 3.30. The lowest BCUT2D eigenvalue weighted by Crippen LogP contribution is -2.15. The molecule has 0 aliphatic heterocycles. The minimum absolute atomic E-state index is 0.134. The molecular formula is C17H22N2O2S. The number of rotatable bonds is 6. The van der Waals surface area contributed by atoms with Crippen LogP contribution in [0.3, 0.4) is 0 Å². The van der Waals surface area contributed by atoms with Crippen LogP contribution in [0.25, 0.3) is 0 Å². The zero-order valence-corrected chi connectivity index (χ0v) is 14.0. The Bertz CT molecular complexity index is 738. The van der Waals surface area contributed by atoms with Crippen molar-refractivity contribution in [3.05, 3.63) is 53.6 Å². The molecule has 0 heterocycles. The molecule has 2 N–H and O–H groups in total. The van der Waals surface area contributed by atoms with E-state index in [0.29, 0.717) is 12.1 Å². The van der Waals surface area contributed by atoms with E-state index in [0.717, 1.165) is 11.4 Å². The van der Waals surface area contributed by atoms with Gasteiger partial charge < -0.3 is 5.32 Å². The van der Waals surface area contributed by atoms with Gasteiger partial charge in [0.15, 0.2) is 0 Å². The molecule has 0 bridgehead atoms. The first-order valence-electron chi connectivity index (χ1n) is 7.35. The monoisotopic (exact) mass is 318 g/mol. The van der Waals surface area contributed by atoms with Crippen LogP contribution in [0.4, 0.5) is 17.1 Å². The molecule has 0 aliphatic rings. The summed E-state index contributed by atoms with van der Waals surface area (Å²) < 4.78 is 26.0. The maximum absolute atomic E-state index is 11.7. The molecule has 0 radical (unpaired) electrons. The van der Waals surface area contributed by atoms with Gasteiger partial charge in [-0.2, -0.15) is 0 Å². The van der Waals surface area contributed by atoms with Gasteiger partial charge in [-0.05, 0) is 61.7 Å². The van der Waals surface area contributed by atoms with E-state index in [-0.39, 0.29) is 5.75 Å².